The van der Waals surface area contributed by atoms with Crippen LogP contribution in [0.15, 0.2) is 0 Å². The Kier molecular flexibility index (Phi) is 4.18. The number of likely N-dealkylation sites (N-methyl/N-ethyl adjacent to an activating group) is 1. The van der Waals surface area contributed by atoms with Crippen LogP contribution in [0.5, 0.6) is 0 Å². The van der Waals surface area contributed by atoms with Crippen molar-refractivity contribution in [3.8, 4) is 0 Å². The Bertz CT molecular complexity index is 238. The van der Waals surface area contributed by atoms with Crippen LogP contribution in [0.25, 0.3) is 0 Å². The van der Waals surface area contributed by atoms with Crippen molar-refractivity contribution in [1.29, 1.82) is 0 Å². The van der Waals surface area contributed by atoms with Gasteiger partial charge in [0.25, 0.3) is 0 Å². The van der Waals surface area contributed by atoms with E-state index in [0.717, 1.165) is 32.5 Å². The first-order valence-corrected chi connectivity index (χ1v) is 6.48. The van der Waals surface area contributed by atoms with Gasteiger partial charge in [-0.25, -0.2) is 0 Å². The number of amides is 1. The highest BCUT2D eigenvalue weighted by Crippen LogP contribution is 2.17. The lowest BCUT2D eigenvalue weighted by atomic mass is 9.95. The number of piperazine rings is 1. The molecule has 1 saturated heterocycles. The van der Waals surface area contributed by atoms with Crippen LogP contribution < -0.4 is 10.6 Å². The molecule has 2 rings (SSSR count). The summed E-state index contributed by atoms with van der Waals surface area (Å²) in [6.07, 6.45) is 6.19. The normalized spacial score (nSPS) is 28.9. The molecule has 0 radical (unpaired) electrons. The van der Waals surface area contributed by atoms with Crippen molar-refractivity contribution >= 4 is 5.91 Å². The summed E-state index contributed by atoms with van der Waals surface area (Å²) in [5.74, 6) is 0.193. The fourth-order valence-electron chi connectivity index (χ4n) is 2.62. The fourth-order valence-corrected chi connectivity index (χ4v) is 2.62. The van der Waals surface area contributed by atoms with Gasteiger partial charge in [-0.15, -0.1) is 0 Å². The number of hydrogen-bond donors (Lipinski definition) is 2. The second kappa shape index (κ2) is 5.64. The van der Waals surface area contributed by atoms with Gasteiger partial charge in [0, 0.05) is 25.7 Å². The molecule has 2 N–H and O–H groups in total. The molecule has 1 atom stereocenters. The van der Waals surface area contributed by atoms with E-state index in [0.29, 0.717) is 6.04 Å². The van der Waals surface area contributed by atoms with Gasteiger partial charge < -0.3 is 15.5 Å². The largest absolute Gasteiger partial charge is 0.352 e. The molecular formula is C12H23N3O. The summed E-state index contributed by atoms with van der Waals surface area (Å²) >= 11 is 0. The average molecular weight is 225 g/mol. The van der Waals surface area contributed by atoms with Gasteiger partial charge >= 0.3 is 0 Å². The Labute approximate surface area is 97.8 Å². The quantitative estimate of drug-likeness (QED) is 0.712. The molecule has 0 spiro atoms. The highest BCUT2D eigenvalue weighted by atomic mass is 16.2. The molecule has 1 aliphatic heterocycles. The Balaban J connectivity index is 1.77. The molecule has 4 heteroatoms. The summed E-state index contributed by atoms with van der Waals surface area (Å²) in [6, 6.07) is 0.413. The van der Waals surface area contributed by atoms with Gasteiger partial charge in [0.2, 0.25) is 5.91 Å². The highest BCUT2D eigenvalue weighted by Gasteiger charge is 2.25. The molecule has 16 heavy (non-hydrogen) atoms. The maximum atomic E-state index is 12.0. The van der Waals surface area contributed by atoms with Crippen LogP contribution >= 0.6 is 0 Å². The third-order valence-electron chi connectivity index (χ3n) is 3.65. The lowest BCUT2D eigenvalue weighted by Gasteiger charge is -2.32. The number of nitrogens with zero attached hydrogens (tertiary/aromatic N) is 1. The highest BCUT2D eigenvalue weighted by molar-refractivity contribution is 5.82. The molecule has 1 amide bonds. The maximum Gasteiger partial charge on any atom is 0.238 e. The standard InChI is InChI=1S/C12H23N3O/c1-15-8-7-13-11(9-15)12(16)14-10-5-3-2-4-6-10/h10-11,13H,2-9H2,1H3,(H,14,16). The fraction of sp³-hybridized carbons (Fsp3) is 0.917. The van der Waals surface area contributed by atoms with Gasteiger partial charge in [-0.05, 0) is 19.9 Å². The SMILES string of the molecule is CN1CCNC(C(=O)NC2CCCCC2)C1. The molecule has 2 aliphatic rings. The van der Waals surface area contributed by atoms with Crippen LogP contribution in [-0.4, -0.2) is 49.6 Å². The first-order chi connectivity index (χ1) is 7.75. The van der Waals surface area contributed by atoms with Crippen molar-refractivity contribution in [1.82, 2.24) is 15.5 Å². The number of carbonyl (C=O) groups is 1. The monoisotopic (exact) mass is 225 g/mol. The molecular weight excluding hydrogens is 202 g/mol. The van der Waals surface area contributed by atoms with Gasteiger partial charge in [-0.2, -0.15) is 0 Å². The number of rotatable bonds is 2. The summed E-state index contributed by atoms with van der Waals surface area (Å²) in [5, 5.41) is 6.47. The first-order valence-electron chi connectivity index (χ1n) is 6.48. The molecule has 92 valence electrons. The van der Waals surface area contributed by atoms with E-state index in [1.54, 1.807) is 0 Å². The van der Waals surface area contributed by atoms with Crippen LogP contribution in [0.3, 0.4) is 0 Å². The summed E-state index contributed by atoms with van der Waals surface area (Å²) < 4.78 is 0. The van der Waals surface area contributed by atoms with E-state index >= 15 is 0 Å². The predicted octanol–water partition coefficient (Wildman–Crippen LogP) is 0.339. The molecule has 0 bridgehead atoms. The minimum absolute atomic E-state index is 0.0133. The number of nitrogens with one attached hydrogen (secondary N) is 2. The number of carbonyl (C=O) groups excluding carboxylic acids is 1. The molecule has 0 aromatic heterocycles. The van der Waals surface area contributed by atoms with Gasteiger partial charge in [0.15, 0.2) is 0 Å². The lowest BCUT2D eigenvalue weighted by Crippen LogP contribution is -2.57. The van der Waals surface area contributed by atoms with Crippen molar-refractivity contribution < 1.29 is 4.79 Å². The Hall–Kier alpha value is -0.610. The van der Waals surface area contributed by atoms with Crippen LogP contribution in [0.2, 0.25) is 0 Å². The van der Waals surface area contributed by atoms with E-state index < -0.39 is 0 Å². The van der Waals surface area contributed by atoms with Crippen molar-refractivity contribution in [2.45, 2.75) is 44.2 Å². The van der Waals surface area contributed by atoms with E-state index in [4.69, 9.17) is 0 Å². The van der Waals surface area contributed by atoms with E-state index in [-0.39, 0.29) is 11.9 Å². The number of hydrogen-bond acceptors (Lipinski definition) is 3. The second-order valence-electron chi connectivity index (χ2n) is 5.11. The van der Waals surface area contributed by atoms with Crippen molar-refractivity contribution in [3.63, 3.8) is 0 Å². The maximum absolute atomic E-state index is 12.0. The van der Waals surface area contributed by atoms with Crippen molar-refractivity contribution in [2.75, 3.05) is 26.7 Å². The first kappa shape index (κ1) is 11.9. The van der Waals surface area contributed by atoms with Gasteiger partial charge in [-0.1, -0.05) is 19.3 Å². The molecule has 1 unspecified atom stereocenters. The molecule has 2 fully saturated rings. The summed E-state index contributed by atoms with van der Waals surface area (Å²) in [6.45, 7) is 2.78. The zero-order valence-electron chi connectivity index (χ0n) is 10.2. The molecule has 0 aromatic rings. The Morgan fingerprint density at radius 2 is 2.06 bits per heavy atom. The molecule has 4 nitrogen and oxygen atoms in total. The third-order valence-corrected chi connectivity index (χ3v) is 3.65. The van der Waals surface area contributed by atoms with Crippen molar-refractivity contribution in [3.05, 3.63) is 0 Å². The van der Waals surface area contributed by atoms with E-state index in [2.05, 4.69) is 22.6 Å². The van der Waals surface area contributed by atoms with E-state index in [9.17, 15) is 4.79 Å². The Morgan fingerprint density at radius 3 is 2.75 bits per heavy atom. The zero-order chi connectivity index (χ0) is 11.4. The topological polar surface area (TPSA) is 44.4 Å². The van der Waals surface area contributed by atoms with E-state index in [1.807, 2.05) is 0 Å². The molecule has 1 heterocycles. The second-order valence-corrected chi connectivity index (χ2v) is 5.11. The van der Waals surface area contributed by atoms with Gasteiger partial charge in [0.1, 0.15) is 0 Å². The molecule has 0 aromatic carbocycles. The minimum Gasteiger partial charge on any atom is -0.352 e. The molecule has 1 saturated carbocycles. The third kappa shape index (κ3) is 3.19. The van der Waals surface area contributed by atoms with Crippen LogP contribution in [-0.2, 0) is 4.79 Å². The zero-order valence-corrected chi connectivity index (χ0v) is 10.2. The lowest BCUT2D eigenvalue weighted by molar-refractivity contribution is -0.125. The van der Waals surface area contributed by atoms with E-state index in [1.165, 1.54) is 19.3 Å². The predicted molar refractivity (Wildman–Crippen MR) is 64.3 cm³/mol. The van der Waals surface area contributed by atoms with Gasteiger partial charge in [0.05, 0.1) is 6.04 Å². The smallest absolute Gasteiger partial charge is 0.238 e. The summed E-state index contributed by atoms with van der Waals surface area (Å²) in [4.78, 5) is 14.2. The van der Waals surface area contributed by atoms with Crippen LogP contribution in [0.1, 0.15) is 32.1 Å². The summed E-state index contributed by atoms with van der Waals surface area (Å²) in [5.41, 5.74) is 0. The van der Waals surface area contributed by atoms with Gasteiger partial charge in [-0.3, -0.25) is 4.79 Å². The molecule has 1 aliphatic carbocycles. The van der Waals surface area contributed by atoms with Crippen LogP contribution in [0.4, 0.5) is 0 Å². The van der Waals surface area contributed by atoms with Crippen LogP contribution in [0, 0.1) is 0 Å². The summed E-state index contributed by atoms with van der Waals surface area (Å²) in [7, 11) is 2.07. The van der Waals surface area contributed by atoms with Crippen molar-refractivity contribution in [2.24, 2.45) is 0 Å². The minimum atomic E-state index is -0.0133. The Morgan fingerprint density at radius 1 is 1.31 bits per heavy atom. The average Bonchev–Trinajstić information content (AvgIpc) is 2.30.